The van der Waals surface area contributed by atoms with Gasteiger partial charge in [0, 0.05) is 12.1 Å². The summed E-state index contributed by atoms with van der Waals surface area (Å²) < 4.78 is 25.6. The van der Waals surface area contributed by atoms with Gasteiger partial charge in [-0.15, -0.1) is 0 Å². The minimum atomic E-state index is -3.72. The average Bonchev–Trinajstić information content (AvgIpc) is 2.51. The van der Waals surface area contributed by atoms with Gasteiger partial charge in [0.15, 0.2) is 0 Å². The number of sulfonamides is 1. The normalized spacial score (nSPS) is 11.5. The van der Waals surface area contributed by atoms with Gasteiger partial charge in [-0.2, -0.15) is 4.31 Å². The number of benzene rings is 2. The van der Waals surface area contributed by atoms with E-state index in [1.165, 1.54) is 25.2 Å². The molecule has 0 saturated carbocycles. The Morgan fingerprint density at radius 1 is 1.13 bits per heavy atom. The summed E-state index contributed by atoms with van der Waals surface area (Å²) in [5.74, 6) is -0.503. The second kappa shape index (κ2) is 7.31. The maximum atomic E-state index is 12.3. The van der Waals surface area contributed by atoms with Gasteiger partial charge >= 0.3 is 0 Å². The molecule has 1 N–H and O–H groups in total. The standard InChI is InChI=1S/C15H14Cl2N2O3S/c1-19(23(21,22)12-5-3-2-4-6-12)10-15(20)18-14-8-7-11(16)9-13(14)17/h2-9H,10H2,1H3,(H,18,20). The molecule has 0 unspecified atom stereocenters. The summed E-state index contributed by atoms with van der Waals surface area (Å²) in [6.45, 7) is -0.337. The van der Waals surface area contributed by atoms with E-state index in [-0.39, 0.29) is 16.5 Å². The molecule has 0 aliphatic rings. The van der Waals surface area contributed by atoms with Crippen LogP contribution in [0.15, 0.2) is 53.4 Å². The van der Waals surface area contributed by atoms with Gasteiger partial charge in [0.1, 0.15) is 0 Å². The highest BCUT2D eigenvalue weighted by atomic mass is 35.5. The molecule has 5 nitrogen and oxygen atoms in total. The number of hydrogen-bond donors (Lipinski definition) is 1. The van der Waals surface area contributed by atoms with Crippen molar-refractivity contribution in [2.45, 2.75) is 4.90 Å². The molecule has 0 aromatic heterocycles. The van der Waals surface area contributed by atoms with Gasteiger partial charge in [0.2, 0.25) is 15.9 Å². The number of halogens is 2. The zero-order chi connectivity index (χ0) is 17.0. The van der Waals surface area contributed by atoms with Crippen LogP contribution in [0, 0.1) is 0 Å². The molecule has 0 fully saturated rings. The molecular weight excluding hydrogens is 359 g/mol. The summed E-state index contributed by atoms with van der Waals surface area (Å²) in [5, 5.41) is 3.27. The first-order valence-corrected chi connectivity index (χ1v) is 8.76. The number of hydrogen-bond acceptors (Lipinski definition) is 3. The minimum Gasteiger partial charge on any atom is -0.324 e. The molecule has 8 heteroatoms. The highest BCUT2D eigenvalue weighted by Crippen LogP contribution is 2.25. The van der Waals surface area contributed by atoms with Crippen LogP contribution in [0.4, 0.5) is 5.69 Å². The lowest BCUT2D eigenvalue weighted by atomic mass is 10.3. The second-order valence-electron chi connectivity index (χ2n) is 4.75. The van der Waals surface area contributed by atoms with Crippen LogP contribution in [0.2, 0.25) is 10.0 Å². The second-order valence-corrected chi connectivity index (χ2v) is 7.63. The molecule has 122 valence electrons. The molecule has 0 bridgehead atoms. The van der Waals surface area contributed by atoms with Crippen LogP contribution in [-0.2, 0) is 14.8 Å². The van der Waals surface area contributed by atoms with Crippen LogP contribution >= 0.6 is 23.2 Å². The van der Waals surface area contributed by atoms with E-state index in [0.717, 1.165) is 4.31 Å². The van der Waals surface area contributed by atoms with Crippen LogP contribution in [0.25, 0.3) is 0 Å². The van der Waals surface area contributed by atoms with E-state index >= 15 is 0 Å². The molecule has 0 spiro atoms. The fourth-order valence-electron chi connectivity index (χ4n) is 1.84. The number of nitrogens with zero attached hydrogens (tertiary/aromatic N) is 1. The van der Waals surface area contributed by atoms with Gasteiger partial charge in [0.05, 0.1) is 22.2 Å². The van der Waals surface area contributed by atoms with Crippen LogP contribution in [-0.4, -0.2) is 32.2 Å². The summed E-state index contributed by atoms with van der Waals surface area (Å²) in [5.41, 5.74) is 0.367. The lowest BCUT2D eigenvalue weighted by molar-refractivity contribution is -0.116. The van der Waals surface area contributed by atoms with Crippen LogP contribution in [0.5, 0.6) is 0 Å². The van der Waals surface area contributed by atoms with E-state index in [4.69, 9.17) is 23.2 Å². The molecule has 0 radical (unpaired) electrons. The highest BCUT2D eigenvalue weighted by Gasteiger charge is 2.22. The smallest absolute Gasteiger partial charge is 0.243 e. The minimum absolute atomic E-state index is 0.125. The van der Waals surface area contributed by atoms with Crippen LogP contribution in [0.3, 0.4) is 0 Å². The summed E-state index contributed by atoms with van der Waals surface area (Å²) in [4.78, 5) is 12.2. The molecule has 0 atom stereocenters. The first kappa shape index (κ1) is 17.7. The van der Waals surface area contributed by atoms with Crippen molar-refractivity contribution in [2.24, 2.45) is 0 Å². The molecule has 0 aliphatic carbocycles. The molecule has 0 saturated heterocycles. The molecule has 23 heavy (non-hydrogen) atoms. The van der Waals surface area contributed by atoms with Crippen molar-refractivity contribution in [3.05, 3.63) is 58.6 Å². The third kappa shape index (κ3) is 4.45. The summed E-state index contributed by atoms with van der Waals surface area (Å²) >= 11 is 11.7. The van der Waals surface area contributed by atoms with Crippen molar-refractivity contribution in [1.82, 2.24) is 4.31 Å². The Bertz CT molecular complexity index is 811. The summed E-state index contributed by atoms with van der Waals surface area (Å²) in [6, 6.07) is 12.5. The number of amides is 1. The predicted octanol–water partition coefficient (Wildman–Crippen LogP) is 3.25. The fraction of sp³-hybridized carbons (Fsp3) is 0.133. The summed E-state index contributed by atoms with van der Waals surface area (Å²) in [7, 11) is -2.39. The Morgan fingerprint density at radius 2 is 1.78 bits per heavy atom. The number of anilines is 1. The summed E-state index contributed by atoms with van der Waals surface area (Å²) in [6.07, 6.45) is 0. The fourth-order valence-corrected chi connectivity index (χ4v) is 3.44. The van der Waals surface area contributed by atoms with Crippen molar-refractivity contribution in [1.29, 1.82) is 0 Å². The Morgan fingerprint density at radius 3 is 2.39 bits per heavy atom. The van der Waals surface area contributed by atoms with E-state index in [1.807, 2.05) is 0 Å². The van der Waals surface area contributed by atoms with Gasteiger partial charge in [-0.3, -0.25) is 4.79 Å². The molecule has 0 heterocycles. The Kier molecular flexibility index (Phi) is 5.64. The van der Waals surface area contributed by atoms with Crippen molar-refractivity contribution in [2.75, 3.05) is 18.9 Å². The quantitative estimate of drug-likeness (QED) is 0.875. The zero-order valence-corrected chi connectivity index (χ0v) is 14.5. The Balaban J connectivity index is 2.08. The first-order chi connectivity index (χ1) is 10.8. The van der Waals surface area contributed by atoms with E-state index in [9.17, 15) is 13.2 Å². The SMILES string of the molecule is CN(CC(=O)Nc1ccc(Cl)cc1Cl)S(=O)(=O)c1ccccc1. The molecular formula is C15H14Cl2N2O3S. The van der Waals surface area contributed by atoms with Gasteiger partial charge in [0.25, 0.3) is 0 Å². The lowest BCUT2D eigenvalue weighted by Gasteiger charge is -2.17. The maximum absolute atomic E-state index is 12.3. The highest BCUT2D eigenvalue weighted by molar-refractivity contribution is 7.89. The third-order valence-electron chi connectivity index (χ3n) is 3.02. The van der Waals surface area contributed by atoms with Crippen molar-refractivity contribution < 1.29 is 13.2 Å². The van der Waals surface area contributed by atoms with Gasteiger partial charge in [-0.1, -0.05) is 41.4 Å². The zero-order valence-electron chi connectivity index (χ0n) is 12.2. The van der Waals surface area contributed by atoms with Crippen LogP contribution < -0.4 is 5.32 Å². The number of carbonyl (C=O) groups excluding carboxylic acids is 1. The molecule has 0 aliphatic heterocycles. The largest absolute Gasteiger partial charge is 0.324 e. The lowest BCUT2D eigenvalue weighted by Crippen LogP contribution is -2.35. The van der Waals surface area contributed by atoms with E-state index in [2.05, 4.69) is 5.32 Å². The Labute approximate surface area is 144 Å². The first-order valence-electron chi connectivity index (χ1n) is 6.57. The van der Waals surface area contributed by atoms with Gasteiger partial charge in [-0.25, -0.2) is 8.42 Å². The van der Waals surface area contributed by atoms with E-state index in [1.54, 1.807) is 30.3 Å². The third-order valence-corrected chi connectivity index (χ3v) is 5.39. The number of nitrogens with one attached hydrogen (secondary N) is 1. The monoisotopic (exact) mass is 372 g/mol. The molecule has 1 amide bonds. The van der Waals surface area contributed by atoms with Crippen LogP contribution in [0.1, 0.15) is 0 Å². The molecule has 2 rings (SSSR count). The van der Waals surface area contributed by atoms with E-state index < -0.39 is 15.9 Å². The van der Waals surface area contributed by atoms with E-state index in [0.29, 0.717) is 10.7 Å². The number of carbonyl (C=O) groups is 1. The maximum Gasteiger partial charge on any atom is 0.243 e. The molecule has 2 aromatic carbocycles. The topological polar surface area (TPSA) is 66.5 Å². The number of likely N-dealkylation sites (N-methyl/N-ethyl adjacent to an activating group) is 1. The number of rotatable bonds is 5. The van der Waals surface area contributed by atoms with Gasteiger partial charge < -0.3 is 5.32 Å². The van der Waals surface area contributed by atoms with Gasteiger partial charge in [-0.05, 0) is 30.3 Å². The predicted molar refractivity (Wildman–Crippen MR) is 91.3 cm³/mol. The Hall–Kier alpha value is -1.60. The van der Waals surface area contributed by atoms with Crippen molar-refractivity contribution in [3.63, 3.8) is 0 Å². The van der Waals surface area contributed by atoms with Crippen molar-refractivity contribution >= 4 is 44.8 Å². The average molecular weight is 373 g/mol. The van der Waals surface area contributed by atoms with Crippen molar-refractivity contribution in [3.8, 4) is 0 Å². The molecule has 2 aromatic rings.